The maximum Gasteiger partial charge on any atom is 0.409 e. The Hall–Kier alpha value is -0.730. The first-order valence-corrected chi connectivity index (χ1v) is 4.54. The van der Waals surface area contributed by atoms with Crippen molar-refractivity contribution in [2.75, 3.05) is 13.7 Å². The molecule has 0 aromatic carbocycles. The number of likely N-dealkylation sites (N-methyl/N-ethyl adjacent to an activating group) is 1. The van der Waals surface area contributed by atoms with Crippen LogP contribution in [-0.2, 0) is 4.74 Å². The summed E-state index contributed by atoms with van der Waals surface area (Å²) in [6.07, 6.45) is 2.04. The van der Waals surface area contributed by atoms with Gasteiger partial charge in [-0.3, -0.25) is 0 Å². The average molecular weight is 171 g/mol. The first-order chi connectivity index (χ1) is 5.65. The van der Waals surface area contributed by atoms with Crippen molar-refractivity contribution in [3.63, 3.8) is 0 Å². The van der Waals surface area contributed by atoms with Crippen molar-refractivity contribution >= 4 is 6.09 Å². The molecule has 1 aliphatic rings. The van der Waals surface area contributed by atoms with Crippen LogP contribution in [0.3, 0.4) is 0 Å². The molecule has 1 aliphatic heterocycles. The molecule has 0 radical (unpaired) electrons. The Morgan fingerprint density at radius 3 is 2.83 bits per heavy atom. The van der Waals surface area contributed by atoms with Crippen molar-refractivity contribution < 1.29 is 9.53 Å². The fraction of sp³-hybridized carbons (Fsp3) is 0.889. The highest BCUT2D eigenvalue weighted by Gasteiger charge is 2.29. The van der Waals surface area contributed by atoms with Crippen LogP contribution in [0.2, 0.25) is 0 Å². The molecule has 0 aromatic rings. The molecule has 0 aliphatic carbocycles. The summed E-state index contributed by atoms with van der Waals surface area (Å²) in [5, 5.41) is 0. The molecule has 70 valence electrons. The summed E-state index contributed by atoms with van der Waals surface area (Å²) >= 11 is 0. The highest BCUT2D eigenvalue weighted by molar-refractivity contribution is 5.69. The summed E-state index contributed by atoms with van der Waals surface area (Å²) < 4.78 is 4.91. The lowest BCUT2D eigenvalue weighted by Gasteiger charge is -2.18. The zero-order chi connectivity index (χ0) is 9.14. The van der Waals surface area contributed by atoms with E-state index in [2.05, 4.69) is 13.8 Å². The Kier molecular flexibility index (Phi) is 2.95. The zero-order valence-electron chi connectivity index (χ0n) is 8.04. The molecule has 12 heavy (non-hydrogen) atoms. The molecule has 0 aromatic heterocycles. The predicted molar refractivity (Wildman–Crippen MR) is 47.0 cm³/mol. The van der Waals surface area contributed by atoms with Gasteiger partial charge in [-0.1, -0.05) is 20.3 Å². The second-order valence-corrected chi connectivity index (χ2v) is 3.59. The molecule has 1 heterocycles. The van der Waals surface area contributed by atoms with Gasteiger partial charge in [-0.25, -0.2) is 4.79 Å². The van der Waals surface area contributed by atoms with Crippen molar-refractivity contribution in [3.8, 4) is 0 Å². The SMILES string of the molecule is CCC(C)CC1COC(=O)N1C. The van der Waals surface area contributed by atoms with Gasteiger partial charge in [0.1, 0.15) is 6.61 Å². The fourth-order valence-corrected chi connectivity index (χ4v) is 1.39. The van der Waals surface area contributed by atoms with Gasteiger partial charge in [0.15, 0.2) is 0 Å². The van der Waals surface area contributed by atoms with Gasteiger partial charge in [0, 0.05) is 7.05 Å². The second kappa shape index (κ2) is 3.78. The van der Waals surface area contributed by atoms with Gasteiger partial charge >= 0.3 is 6.09 Å². The van der Waals surface area contributed by atoms with E-state index in [9.17, 15) is 4.79 Å². The van der Waals surface area contributed by atoms with Gasteiger partial charge in [-0.05, 0) is 12.3 Å². The van der Waals surface area contributed by atoms with Crippen molar-refractivity contribution in [2.45, 2.75) is 32.7 Å². The average Bonchev–Trinajstić information content (AvgIpc) is 2.36. The number of hydrogen-bond acceptors (Lipinski definition) is 2. The van der Waals surface area contributed by atoms with E-state index in [0.29, 0.717) is 18.6 Å². The molecule has 0 spiro atoms. The van der Waals surface area contributed by atoms with Crippen molar-refractivity contribution in [1.82, 2.24) is 4.90 Å². The molecule has 2 atom stereocenters. The maximum absolute atomic E-state index is 11.0. The monoisotopic (exact) mass is 171 g/mol. The summed E-state index contributed by atoms with van der Waals surface area (Å²) in [6.45, 7) is 4.94. The minimum Gasteiger partial charge on any atom is -0.447 e. The Morgan fingerprint density at radius 1 is 1.75 bits per heavy atom. The van der Waals surface area contributed by atoms with Crippen LogP contribution in [0.15, 0.2) is 0 Å². The van der Waals surface area contributed by atoms with Crippen LogP contribution in [0, 0.1) is 5.92 Å². The van der Waals surface area contributed by atoms with Gasteiger partial charge in [0.25, 0.3) is 0 Å². The predicted octanol–water partition coefficient (Wildman–Crippen LogP) is 1.87. The number of cyclic esters (lactones) is 1. The molecular formula is C9H17NO2. The number of rotatable bonds is 3. The third-order valence-electron chi connectivity index (χ3n) is 2.61. The summed E-state index contributed by atoms with van der Waals surface area (Å²) in [5.74, 6) is 0.673. The van der Waals surface area contributed by atoms with Crippen LogP contribution in [0.5, 0.6) is 0 Å². The summed E-state index contributed by atoms with van der Waals surface area (Å²) in [4.78, 5) is 12.7. The first kappa shape index (κ1) is 9.36. The highest BCUT2D eigenvalue weighted by atomic mass is 16.6. The van der Waals surface area contributed by atoms with E-state index in [1.165, 1.54) is 6.42 Å². The van der Waals surface area contributed by atoms with Crippen LogP contribution in [-0.4, -0.2) is 30.7 Å². The summed E-state index contributed by atoms with van der Waals surface area (Å²) in [7, 11) is 1.81. The number of amides is 1. The van der Waals surface area contributed by atoms with E-state index in [-0.39, 0.29) is 6.09 Å². The van der Waals surface area contributed by atoms with Crippen LogP contribution in [0.4, 0.5) is 4.79 Å². The Morgan fingerprint density at radius 2 is 2.42 bits per heavy atom. The van der Waals surface area contributed by atoms with Crippen molar-refractivity contribution in [1.29, 1.82) is 0 Å². The van der Waals surface area contributed by atoms with E-state index in [1.54, 1.807) is 4.90 Å². The van der Waals surface area contributed by atoms with Crippen LogP contribution in [0.1, 0.15) is 26.7 Å². The van der Waals surface area contributed by atoms with E-state index < -0.39 is 0 Å². The van der Waals surface area contributed by atoms with E-state index in [4.69, 9.17) is 4.74 Å². The van der Waals surface area contributed by atoms with Crippen molar-refractivity contribution in [3.05, 3.63) is 0 Å². The molecule has 1 amide bonds. The molecule has 1 fully saturated rings. The number of carbonyl (C=O) groups is 1. The second-order valence-electron chi connectivity index (χ2n) is 3.59. The summed E-state index contributed by atoms with van der Waals surface area (Å²) in [5.41, 5.74) is 0. The smallest absolute Gasteiger partial charge is 0.409 e. The number of hydrogen-bond donors (Lipinski definition) is 0. The molecule has 1 rings (SSSR count). The normalized spacial score (nSPS) is 25.8. The molecule has 3 nitrogen and oxygen atoms in total. The molecule has 2 unspecified atom stereocenters. The molecule has 0 saturated carbocycles. The Labute approximate surface area is 73.7 Å². The quantitative estimate of drug-likeness (QED) is 0.648. The lowest BCUT2D eigenvalue weighted by atomic mass is 10.00. The molecular weight excluding hydrogens is 154 g/mol. The Bertz CT molecular complexity index is 170. The Balaban J connectivity index is 2.38. The van der Waals surface area contributed by atoms with E-state index in [1.807, 2.05) is 7.05 Å². The van der Waals surface area contributed by atoms with Crippen molar-refractivity contribution in [2.24, 2.45) is 5.92 Å². The highest BCUT2D eigenvalue weighted by Crippen LogP contribution is 2.18. The lowest BCUT2D eigenvalue weighted by Crippen LogP contribution is -2.30. The van der Waals surface area contributed by atoms with Gasteiger partial charge < -0.3 is 9.64 Å². The lowest BCUT2D eigenvalue weighted by molar-refractivity contribution is 0.163. The van der Waals surface area contributed by atoms with Crippen LogP contribution < -0.4 is 0 Å². The zero-order valence-corrected chi connectivity index (χ0v) is 8.04. The van der Waals surface area contributed by atoms with Gasteiger partial charge in [-0.2, -0.15) is 0 Å². The number of carbonyl (C=O) groups excluding carboxylic acids is 1. The van der Waals surface area contributed by atoms with E-state index in [0.717, 1.165) is 6.42 Å². The molecule has 1 saturated heterocycles. The van der Waals surface area contributed by atoms with E-state index >= 15 is 0 Å². The first-order valence-electron chi connectivity index (χ1n) is 4.54. The van der Waals surface area contributed by atoms with Gasteiger partial charge in [0.2, 0.25) is 0 Å². The van der Waals surface area contributed by atoms with Crippen LogP contribution in [0.25, 0.3) is 0 Å². The third-order valence-corrected chi connectivity index (χ3v) is 2.61. The standard InChI is InChI=1S/C9H17NO2/c1-4-7(2)5-8-6-12-9(11)10(8)3/h7-8H,4-6H2,1-3H3. The topological polar surface area (TPSA) is 29.5 Å². The van der Waals surface area contributed by atoms with Crippen LogP contribution >= 0.6 is 0 Å². The van der Waals surface area contributed by atoms with Gasteiger partial charge in [0.05, 0.1) is 6.04 Å². The molecule has 3 heteroatoms. The largest absolute Gasteiger partial charge is 0.447 e. The molecule has 0 N–H and O–H groups in total. The number of nitrogens with zero attached hydrogens (tertiary/aromatic N) is 1. The summed E-state index contributed by atoms with van der Waals surface area (Å²) in [6, 6.07) is 0.299. The number of ether oxygens (including phenoxy) is 1. The third kappa shape index (κ3) is 1.90. The fourth-order valence-electron chi connectivity index (χ4n) is 1.39. The minimum atomic E-state index is -0.177. The maximum atomic E-state index is 11.0. The van der Waals surface area contributed by atoms with Gasteiger partial charge in [-0.15, -0.1) is 0 Å². The molecule has 0 bridgehead atoms. The minimum absolute atomic E-state index is 0.177.